The maximum Gasteiger partial charge on any atom is 0.192 e. The largest absolute Gasteiger partial charge is 0.416 e. The van der Waals surface area contributed by atoms with Crippen molar-refractivity contribution in [2.45, 2.75) is 56.3 Å². The van der Waals surface area contributed by atoms with Crippen LogP contribution in [0.4, 0.5) is 0 Å². The van der Waals surface area contributed by atoms with E-state index in [4.69, 9.17) is 4.43 Å². The number of hydrogen-bond acceptors (Lipinski definition) is 2. The molecule has 0 radical (unpaired) electrons. The summed E-state index contributed by atoms with van der Waals surface area (Å²) in [6.45, 7) is 16.2. The maximum atomic E-state index is 6.37. The van der Waals surface area contributed by atoms with E-state index in [0.717, 1.165) is 18.8 Å². The lowest BCUT2D eigenvalue weighted by atomic mass is 10.2. The number of benzene rings is 1. The topological polar surface area (TPSA) is 9.23 Å². The molecule has 1 aromatic rings. The third-order valence-corrected chi connectivity index (χ3v) is 10.00. The molecule has 3 heteroatoms. The summed E-state index contributed by atoms with van der Waals surface area (Å²) in [5, 5.41) is 0.771. The summed E-state index contributed by atoms with van der Waals surface area (Å²) in [5.74, 6) is 1.04. The zero-order valence-corrected chi connectivity index (χ0v) is 16.0. The fraction of sp³-hybridized carbons (Fsp3) is 0.556. The number of allylic oxidation sites excluding steroid dienone is 1. The maximum absolute atomic E-state index is 6.37. The van der Waals surface area contributed by atoms with Gasteiger partial charge >= 0.3 is 0 Å². The van der Waals surface area contributed by atoms with Crippen molar-refractivity contribution in [2.24, 2.45) is 0 Å². The van der Waals surface area contributed by atoms with Crippen molar-refractivity contribution in [1.82, 2.24) is 0 Å². The molecule has 0 aliphatic rings. The van der Waals surface area contributed by atoms with Crippen molar-refractivity contribution in [3.8, 4) is 0 Å². The Labute approximate surface area is 136 Å². The molecule has 118 valence electrons. The summed E-state index contributed by atoms with van der Waals surface area (Å²) in [5.41, 5.74) is 1.38. The van der Waals surface area contributed by atoms with Gasteiger partial charge in [0.1, 0.15) is 0 Å². The van der Waals surface area contributed by atoms with Crippen LogP contribution in [-0.4, -0.2) is 20.2 Å². The molecule has 1 aromatic carbocycles. The van der Waals surface area contributed by atoms with E-state index in [1.165, 1.54) is 5.56 Å². The highest BCUT2D eigenvalue weighted by molar-refractivity contribution is 7.99. The molecule has 0 fully saturated rings. The van der Waals surface area contributed by atoms with Gasteiger partial charge in [0.05, 0.1) is 0 Å². The smallest absolute Gasteiger partial charge is 0.192 e. The van der Waals surface area contributed by atoms with Crippen LogP contribution in [0.1, 0.15) is 32.8 Å². The molecule has 1 atom stereocenters. The van der Waals surface area contributed by atoms with Crippen molar-refractivity contribution in [1.29, 1.82) is 0 Å². The van der Waals surface area contributed by atoms with Gasteiger partial charge in [-0.25, -0.2) is 0 Å². The average Bonchev–Trinajstić information content (AvgIpc) is 2.42. The summed E-state index contributed by atoms with van der Waals surface area (Å²) in [7, 11) is -1.65. The van der Waals surface area contributed by atoms with Crippen LogP contribution in [0.25, 0.3) is 0 Å². The minimum Gasteiger partial charge on any atom is -0.416 e. The monoisotopic (exact) mass is 322 g/mol. The first-order chi connectivity index (χ1) is 9.76. The molecule has 0 saturated carbocycles. The zero-order chi connectivity index (χ0) is 15.9. The Morgan fingerprint density at radius 1 is 1.24 bits per heavy atom. The van der Waals surface area contributed by atoms with E-state index < -0.39 is 8.32 Å². The van der Waals surface area contributed by atoms with Crippen LogP contribution >= 0.6 is 11.8 Å². The van der Waals surface area contributed by atoms with E-state index in [-0.39, 0.29) is 5.04 Å². The SMILES string of the molecule is C=CC[C@@H](CO[Si](C)(C)C(C)(C)C)SCc1ccccc1. The fourth-order valence-electron chi connectivity index (χ4n) is 1.68. The van der Waals surface area contributed by atoms with Crippen molar-refractivity contribution >= 4 is 20.1 Å². The van der Waals surface area contributed by atoms with Gasteiger partial charge in [-0.3, -0.25) is 0 Å². The molecule has 0 aliphatic heterocycles. The molecule has 0 amide bonds. The Bertz CT molecular complexity index is 423. The molecule has 1 rings (SSSR count). The lowest BCUT2D eigenvalue weighted by molar-refractivity contribution is 0.288. The third-order valence-electron chi connectivity index (χ3n) is 4.19. The molecule has 0 heterocycles. The van der Waals surface area contributed by atoms with E-state index in [0.29, 0.717) is 5.25 Å². The van der Waals surface area contributed by atoms with E-state index in [9.17, 15) is 0 Å². The first-order valence-electron chi connectivity index (χ1n) is 7.66. The number of hydrogen-bond donors (Lipinski definition) is 0. The molecule has 0 unspecified atom stereocenters. The Kier molecular flexibility index (Phi) is 7.24. The molecule has 0 spiro atoms. The van der Waals surface area contributed by atoms with Gasteiger partial charge in [0.2, 0.25) is 0 Å². The Balaban J connectivity index is 2.52. The molecular weight excluding hydrogens is 292 g/mol. The van der Waals surface area contributed by atoms with Gasteiger partial charge in [0.15, 0.2) is 8.32 Å². The van der Waals surface area contributed by atoms with Crippen molar-refractivity contribution in [3.05, 3.63) is 48.6 Å². The first kappa shape index (κ1) is 18.5. The molecule has 0 N–H and O–H groups in total. The zero-order valence-electron chi connectivity index (χ0n) is 14.2. The van der Waals surface area contributed by atoms with Crippen LogP contribution in [0, 0.1) is 0 Å². The Morgan fingerprint density at radius 3 is 2.38 bits per heavy atom. The normalized spacial score (nSPS) is 14.0. The van der Waals surface area contributed by atoms with Crippen molar-refractivity contribution < 1.29 is 4.43 Å². The molecule has 21 heavy (non-hydrogen) atoms. The second-order valence-corrected chi connectivity index (χ2v) is 13.1. The summed E-state index contributed by atoms with van der Waals surface area (Å²) in [6, 6.07) is 10.6. The van der Waals surface area contributed by atoms with Gasteiger partial charge in [-0.1, -0.05) is 57.2 Å². The molecule has 0 saturated heterocycles. The second kappa shape index (κ2) is 8.21. The molecule has 1 nitrogen and oxygen atoms in total. The van der Waals surface area contributed by atoms with Crippen LogP contribution in [0.5, 0.6) is 0 Å². The van der Waals surface area contributed by atoms with E-state index in [1.807, 2.05) is 17.8 Å². The van der Waals surface area contributed by atoms with Crippen molar-refractivity contribution in [3.63, 3.8) is 0 Å². The number of thioether (sulfide) groups is 1. The minimum atomic E-state index is -1.65. The van der Waals surface area contributed by atoms with E-state index in [2.05, 4.69) is 70.8 Å². The van der Waals surface area contributed by atoms with Gasteiger partial charge in [0.25, 0.3) is 0 Å². The molecular formula is C18H30OSSi. The predicted octanol–water partition coefficient (Wildman–Crippen LogP) is 5.89. The molecule has 0 aliphatic carbocycles. The van der Waals surface area contributed by atoms with E-state index in [1.54, 1.807) is 0 Å². The van der Waals surface area contributed by atoms with Gasteiger partial charge in [0, 0.05) is 17.6 Å². The minimum absolute atomic E-state index is 0.274. The fourth-order valence-corrected chi connectivity index (χ4v) is 3.90. The average molecular weight is 323 g/mol. The summed E-state index contributed by atoms with van der Waals surface area (Å²) in [4.78, 5) is 0. The van der Waals surface area contributed by atoms with Crippen LogP contribution in [0.3, 0.4) is 0 Å². The highest BCUT2D eigenvalue weighted by Crippen LogP contribution is 2.37. The van der Waals surface area contributed by atoms with Crippen LogP contribution in [-0.2, 0) is 10.2 Å². The first-order valence-corrected chi connectivity index (χ1v) is 11.6. The van der Waals surface area contributed by atoms with Gasteiger partial charge in [-0.2, -0.15) is 11.8 Å². The Hall–Kier alpha value is -0.513. The van der Waals surface area contributed by atoms with Crippen LogP contribution in [0.2, 0.25) is 18.1 Å². The quantitative estimate of drug-likeness (QED) is 0.436. The van der Waals surface area contributed by atoms with Crippen LogP contribution < -0.4 is 0 Å². The summed E-state index contributed by atoms with van der Waals surface area (Å²) >= 11 is 1.98. The lowest BCUT2D eigenvalue weighted by Gasteiger charge is -2.37. The van der Waals surface area contributed by atoms with Gasteiger partial charge < -0.3 is 4.43 Å². The van der Waals surface area contributed by atoms with Crippen molar-refractivity contribution in [2.75, 3.05) is 6.61 Å². The van der Waals surface area contributed by atoms with E-state index >= 15 is 0 Å². The van der Waals surface area contributed by atoms with Crippen LogP contribution in [0.15, 0.2) is 43.0 Å². The molecule has 0 bridgehead atoms. The molecule has 0 aromatic heterocycles. The third kappa shape index (κ3) is 6.41. The van der Waals surface area contributed by atoms with Gasteiger partial charge in [-0.05, 0) is 30.1 Å². The lowest BCUT2D eigenvalue weighted by Crippen LogP contribution is -2.42. The number of rotatable bonds is 8. The Morgan fingerprint density at radius 2 is 1.86 bits per heavy atom. The van der Waals surface area contributed by atoms with Gasteiger partial charge in [-0.15, -0.1) is 6.58 Å². The standard InChI is InChI=1S/C18H30OSSi/c1-7-11-17(14-19-21(5,6)18(2,3)4)20-15-16-12-9-8-10-13-16/h7-10,12-13,17H,1,11,14-15H2,2-6H3/t17-/m0/s1. The highest BCUT2D eigenvalue weighted by Gasteiger charge is 2.37. The second-order valence-electron chi connectivity index (χ2n) is 7.01. The highest BCUT2D eigenvalue weighted by atomic mass is 32.2. The summed E-state index contributed by atoms with van der Waals surface area (Å²) in [6.07, 6.45) is 3.02. The summed E-state index contributed by atoms with van der Waals surface area (Å²) < 4.78 is 6.37. The predicted molar refractivity (Wildman–Crippen MR) is 99.5 cm³/mol.